The van der Waals surface area contributed by atoms with Gasteiger partial charge in [-0.15, -0.1) is 0 Å². The molecule has 0 aliphatic heterocycles. The molecule has 0 saturated heterocycles. The minimum absolute atomic E-state index is 0.301. The Morgan fingerprint density at radius 3 is 1.88 bits per heavy atom. The third kappa shape index (κ3) is 9.05. The van der Waals surface area contributed by atoms with E-state index < -0.39 is 11.1 Å². The summed E-state index contributed by atoms with van der Waals surface area (Å²) in [5, 5.41) is 18.7. The maximum Gasteiger partial charge on any atom is 0.148 e. The lowest BCUT2D eigenvalue weighted by molar-refractivity contribution is 0.0866. The van der Waals surface area contributed by atoms with Crippen LogP contribution in [0.25, 0.3) is 0 Å². The van der Waals surface area contributed by atoms with Gasteiger partial charge < -0.3 is 15.9 Å². The van der Waals surface area contributed by atoms with Crippen molar-refractivity contribution in [2.75, 3.05) is 6.61 Å². The first-order chi connectivity index (χ1) is 12.0. The maximum absolute atomic E-state index is 9.43. The third-order valence-electron chi connectivity index (χ3n) is 4.97. The van der Waals surface area contributed by atoms with E-state index in [1.54, 1.807) is 0 Å². The van der Waals surface area contributed by atoms with Gasteiger partial charge in [0.2, 0.25) is 0 Å². The van der Waals surface area contributed by atoms with E-state index in [0.29, 0.717) is 6.42 Å². The van der Waals surface area contributed by atoms with Gasteiger partial charge in [-0.3, -0.25) is 0 Å². The number of hydrogen-bond donors (Lipinski definition) is 3. The van der Waals surface area contributed by atoms with E-state index in [0.717, 1.165) is 19.3 Å². The van der Waals surface area contributed by atoms with Crippen LogP contribution in [0.5, 0.6) is 0 Å². The average molecular weight is 370 g/mol. The van der Waals surface area contributed by atoms with Crippen LogP contribution >= 0.6 is 11.6 Å². The van der Waals surface area contributed by atoms with Crippen molar-refractivity contribution < 1.29 is 10.2 Å². The maximum atomic E-state index is 9.43. The summed E-state index contributed by atoms with van der Waals surface area (Å²) >= 11 is 5.65. The van der Waals surface area contributed by atoms with E-state index in [1.807, 2.05) is 0 Å². The molecule has 1 aromatic rings. The normalized spacial score (nSPS) is 15.1. The molecule has 0 radical (unpaired) electrons. The predicted octanol–water partition coefficient (Wildman–Crippen LogP) is 4.55. The summed E-state index contributed by atoms with van der Waals surface area (Å²) in [7, 11) is 0. The molecular weight excluding hydrogens is 334 g/mol. The lowest BCUT2D eigenvalue weighted by Crippen LogP contribution is -2.51. The van der Waals surface area contributed by atoms with Gasteiger partial charge in [-0.1, -0.05) is 81.3 Å². The Morgan fingerprint density at radius 2 is 1.40 bits per heavy atom. The fraction of sp³-hybridized carbons (Fsp3) is 0.714. The van der Waals surface area contributed by atoms with Gasteiger partial charge in [0.1, 0.15) is 5.56 Å². The summed E-state index contributed by atoms with van der Waals surface area (Å²) in [5.74, 6) is 0. The molecule has 0 amide bonds. The van der Waals surface area contributed by atoms with Crippen LogP contribution in [0.2, 0.25) is 0 Å². The van der Waals surface area contributed by atoms with E-state index in [-0.39, 0.29) is 6.61 Å². The molecule has 0 fully saturated rings. The highest BCUT2D eigenvalue weighted by atomic mass is 35.5. The van der Waals surface area contributed by atoms with Gasteiger partial charge in [-0.25, -0.2) is 0 Å². The molecule has 0 aliphatic rings. The number of halogens is 1. The number of rotatable bonds is 14. The van der Waals surface area contributed by atoms with Gasteiger partial charge in [-0.2, -0.15) is 0 Å². The van der Waals surface area contributed by atoms with Crippen molar-refractivity contribution in [2.45, 2.75) is 88.7 Å². The number of nitrogens with two attached hydrogens (primary N) is 1. The average Bonchev–Trinajstić information content (AvgIpc) is 2.62. The van der Waals surface area contributed by atoms with Gasteiger partial charge in [-0.05, 0) is 43.2 Å². The molecule has 2 atom stereocenters. The minimum atomic E-state index is -1.21. The molecule has 0 aliphatic carbocycles. The molecule has 3 nitrogen and oxygen atoms in total. The molecule has 25 heavy (non-hydrogen) atoms. The second kappa shape index (κ2) is 12.7. The second-order valence-electron chi connectivity index (χ2n) is 7.27. The number of benzene rings is 1. The summed E-state index contributed by atoms with van der Waals surface area (Å²) in [5.41, 5.74) is 6.33. The number of alkyl halides is 1. The Hall–Kier alpha value is -0.610. The number of unbranched alkanes of at least 4 members (excludes halogenated alkanes) is 6. The van der Waals surface area contributed by atoms with Gasteiger partial charge in [0, 0.05) is 0 Å². The van der Waals surface area contributed by atoms with Crippen molar-refractivity contribution in [3.63, 3.8) is 0 Å². The van der Waals surface area contributed by atoms with Crippen LogP contribution < -0.4 is 5.73 Å². The van der Waals surface area contributed by atoms with Gasteiger partial charge in [0.15, 0.2) is 0 Å². The molecule has 144 valence electrons. The quantitative estimate of drug-likeness (QED) is 0.333. The SMILES string of the molecule is CCCCCCCCc1ccc(CCCCC(N)(CO)C(O)Cl)cc1. The molecule has 1 aromatic carbocycles. The van der Waals surface area contributed by atoms with Gasteiger partial charge >= 0.3 is 0 Å². The fourth-order valence-corrected chi connectivity index (χ4v) is 3.22. The lowest BCUT2D eigenvalue weighted by Gasteiger charge is -2.28. The molecule has 0 spiro atoms. The van der Waals surface area contributed by atoms with Crippen LogP contribution in [0.15, 0.2) is 24.3 Å². The van der Waals surface area contributed by atoms with E-state index in [2.05, 4.69) is 31.2 Å². The van der Waals surface area contributed by atoms with Crippen molar-refractivity contribution in [1.29, 1.82) is 0 Å². The van der Waals surface area contributed by atoms with Crippen LogP contribution in [0.1, 0.15) is 75.8 Å². The van der Waals surface area contributed by atoms with Crippen LogP contribution in [0.3, 0.4) is 0 Å². The number of aliphatic hydroxyl groups is 2. The summed E-state index contributed by atoms with van der Waals surface area (Å²) in [4.78, 5) is 0. The monoisotopic (exact) mass is 369 g/mol. The zero-order chi connectivity index (χ0) is 18.5. The summed E-state index contributed by atoms with van der Waals surface area (Å²) in [6.45, 7) is 1.95. The number of aryl methyl sites for hydroxylation is 2. The van der Waals surface area contributed by atoms with E-state index >= 15 is 0 Å². The standard InChI is InChI=1S/C21H36ClNO2/c1-2-3-4-5-6-7-10-18-12-14-19(15-13-18)11-8-9-16-21(23,17-24)20(22)25/h12-15,20,24-25H,2-11,16-17,23H2,1H3. The molecule has 0 saturated carbocycles. The van der Waals surface area contributed by atoms with Crippen LogP contribution in [0, 0.1) is 0 Å². The third-order valence-corrected chi connectivity index (χ3v) is 5.40. The first-order valence-electron chi connectivity index (χ1n) is 9.81. The highest BCUT2D eigenvalue weighted by molar-refractivity contribution is 6.20. The zero-order valence-electron chi connectivity index (χ0n) is 15.7. The Labute approximate surface area is 158 Å². The molecule has 2 unspecified atom stereocenters. The Kier molecular flexibility index (Phi) is 11.4. The van der Waals surface area contributed by atoms with Crippen molar-refractivity contribution in [1.82, 2.24) is 0 Å². The highest BCUT2D eigenvalue weighted by Gasteiger charge is 2.30. The summed E-state index contributed by atoms with van der Waals surface area (Å²) in [6.07, 6.45) is 12.5. The summed E-state index contributed by atoms with van der Waals surface area (Å²) < 4.78 is 0. The number of hydrogen-bond acceptors (Lipinski definition) is 3. The molecule has 4 N–H and O–H groups in total. The Morgan fingerprint density at radius 1 is 0.920 bits per heavy atom. The van der Waals surface area contributed by atoms with E-state index in [9.17, 15) is 10.2 Å². The number of aliphatic hydroxyl groups excluding tert-OH is 2. The smallest absolute Gasteiger partial charge is 0.148 e. The minimum Gasteiger partial charge on any atom is -0.394 e. The van der Waals surface area contributed by atoms with Gasteiger partial charge in [0.05, 0.1) is 12.1 Å². The molecule has 1 rings (SSSR count). The summed E-state index contributed by atoms with van der Waals surface area (Å²) in [6, 6.07) is 8.91. The van der Waals surface area contributed by atoms with Crippen LogP contribution in [-0.2, 0) is 12.8 Å². The first-order valence-corrected chi connectivity index (χ1v) is 10.2. The topological polar surface area (TPSA) is 66.5 Å². The Bertz CT molecular complexity index is 450. The fourth-order valence-electron chi connectivity index (χ4n) is 3.04. The predicted molar refractivity (Wildman–Crippen MR) is 107 cm³/mol. The molecule has 4 heteroatoms. The lowest BCUT2D eigenvalue weighted by atomic mass is 9.94. The first kappa shape index (κ1) is 22.4. The molecule has 0 bridgehead atoms. The molecule has 0 heterocycles. The Balaban J connectivity index is 2.21. The zero-order valence-corrected chi connectivity index (χ0v) is 16.5. The van der Waals surface area contributed by atoms with Gasteiger partial charge in [0.25, 0.3) is 0 Å². The van der Waals surface area contributed by atoms with Crippen molar-refractivity contribution in [3.05, 3.63) is 35.4 Å². The van der Waals surface area contributed by atoms with E-state index in [4.69, 9.17) is 17.3 Å². The molecular formula is C21H36ClNO2. The van der Waals surface area contributed by atoms with E-state index in [1.165, 1.54) is 56.1 Å². The highest BCUT2D eigenvalue weighted by Crippen LogP contribution is 2.19. The van der Waals surface area contributed by atoms with Crippen molar-refractivity contribution in [2.24, 2.45) is 5.73 Å². The van der Waals surface area contributed by atoms with Crippen molar-refractivity contribution >= 4 is 11.6 Å². The van der Waals surface area contributed by atoms with Crippen LogP contribution in [0.4, 0.5) is 0 Å². The van der Waals surface area contributed by atoms with Crippen molar-refractivity contribution in [3.8, 4) is 0 Å². The van der Waals surface area contributed by atoms with Crippen LogP contribution in [-0.4, -0.2) is 27.9 Å². The largest absolute Gasteiger partial charge is 0.394 e. The second-order valence-corrected chi connectivity index (χ2v) is 7.68. The molecule has 0 aromatic heterocycles.